The molecule has 1 heteroatoms. The number of benzene rings is 2. The van der Waals surface area contributed by atoms with Crippen LogP contribution in [0.1, 0.15) is 16.7 Å². The highest BCUT2D eigenvalue weighted by atomic mass is 35.5. The number of hydrogen-bond donors (Lipinski definition) is 0. The van der Waals surface area contributed by atoms with Crippen LogP contribution in [0, 0.1) is 6.92 Å². The summed E-state index contributed by atoms with van der Waals surface area (Å²) in [5, 5.41) is 0.798. The van der Waals surface area contributed by atoms with Crippen LogP contribution in [0.15, 0.2) is 48.5 Å². The first-order chi connectivity index (χ1) is 7.75. The van der Waals surface area contributed by atoms with Crippen molar-refractivity contribution in [2.45, 2.75) is 6.92 Å². The molecule has 80 valence electrons. The molecule has 16 heavy (non-hydrogen) atoms. The first-order valence-electron chi connectivity index (χ1n) is 5.25. The molecule has 0 bridgehead atoms. The van der Waals surface area contributed by atoms with Gasteiger partial charge in [0.1, 0.15) is 0 Å². The highest BCUT2D eigenvalue weighted by Crippen LogP contribution is 2.19. The molecule has 0 saturated heterocycles. The Balaban J connectivity index is 2.24. The van der Waals surface area contributed by atoms with Gasteiger partial charge in [0.05, 0.1) is 0 Å². The molecule has 0 unspecified atom stereocenters. The molecule has 2 aromatic carbocycles. The third-order valence-corrected chi connectivity index (χ3v) is 2.74. The molecule has 0 heterocycles. The lowest BCUT2D eigenvalue weighted by Gasteiger charge is -1.99. The number of aryl methyl sites for hydroxylation is 1. The summed E-state index contributed by atoms with van der Waals surface area (Å²) in [6, 6.07) is 16.3. The van der Waals surface area contributed by atoms with Crippen molar-refractivity contribution in [3.05, 3.63) is 70.2 Å². The molecule has 0 aliphatic carbocycles. The van der Waals surface area contributed by atoms with Gasteiger partial charge >= 0.3 is 0 Å². The maximum Gasteiger partial charge on any atom is 0.0481 e. The second kappa shape index (κ2) is 5.00. The standard InChI is InChI=1S/C15H13Cl/c1-12-7-9-14(15(16)11-12)10-8-13-5-3-2-4-6-13/h2-11H,1H3/b10-8+. The first-order valence-corrected chi connectivity index (χ1v) is 5.63. The predicted octanol–water partition coefficient (Wildman–Crippen LogP) is 4.82. The Hall–Kier alpha value is -1.53. The number of hydrogen-bond acceptors (Lipinski definition) is 0. The lowest BCUT2D eigenvalue weighted by atomic mass is 10.1. The van der Waals surface area contributed by atoms with E-state index in [9.17, 15) is 0 Å². The fourth-order valence-electron chi connectivity index (χ4n) is 1.52. The third-order valence-electron chi connectivity index (χ3n) is 2.41. The zero-order chi connectivity index (χ0) is 11.4. The van der Waals surface area contributed by atoms with Crippen LogP contribution in [0.25, 0.3) is 12.2 Å². The molecule has 0 amide bonds. The Bertz CT molecular complexity index is 498. The zero-order valence-electron chi connectivity index (χ0n) is 9.15. The molecule has 0 aromatic heterocycles. The zero-order valence-corrected chi connectivity index (χ0v) is 9.91. The fraction of sp³-hybridized carbons (Fsp3) is 0.0667. The van der Waals surface area contributed by atoms with Crippen LogP contribution in [0.3, 0.4) is 0 Å². The second-order valence-corrected chi connectivity index (χ2v) is 4.18. The largest absolute Gasteiger partial charge is 0.0837 e. The van der Waals surface area contributed by atoms with Crippen molar-refractivity contribution in [2.75, 3.05) is 0 Å². The summed E-state index contributed by atoms with van der Waals surface area (Å²) in [6.45, 7) is 2.04. The van der Waals surface area contributed by atoms with Gasteiger partial charge in [-0.1, -0.05) is 66.2 Å². The van der Waals surface area contributed by atoms with E-state index in [1.165, 1.54) is 11.1 Å². The van der Waals surface area contributed by atoms with Gasteiger partial charge in [0, 0.05) is 5.02 Å². The molecule has 0 radical (unpaired) electrons. The minimum Gasteiger partial charge on any atom is -0.0837 e. The van der Waals surface area contributed by atoms with E-state index in [-0.39, 0.29) is 0 Å². The highest BCUT2D eigenvalue weighted by Gasteiger charge is 1.95. The molecule has 2 rings (SSSR count). The van der Waals surface area contributed by atoms with Crippen LogP contribution in [0.4, 0.5) is 0 Å². The highest BCUT2D eigenvalue weighted by molar-refractivity contribution is 6.32. The molecule has 0 atom stereocenters. The minimum atomic E-state index is 0.798. The van der Waals surface area contributed by atoms with Gasteiger partial charge in [-0.05, 0) is 29.7 Å². The van der Waals surface area contributed by atoms with Crippen LogP contribution in [0.2, 0.25) is 5.02 Å². The molecule has 0 aliphatic heterocycles. The summed E-state index contributed by atoms with van der Waals surface area (Å²) in [5.74, 6) is 0. The van der Waals surface area contributed by atoms with E-state index < -0.39 is 0 Å². The normalized spacial score (nSPS) is 10.9. The van der Waals surface area contributed by atoms with Gasteiger partial charge in [-0.15, -0.1) is 0 Å². The summed E-state index contributed by atoms with van der Waals surface area (Å²) >= 11 is 6.14. The quantitative estimate of drug-likeness (QED) is 0.647. The molecule has 0 N–H and O–H groups in total. The number of halogens is 1. The minimum absolute atomic E-state index is 0.798. The lowest BCUT2D eigenvalue weighted by Crippen LogP contribution is -1.77. The summed E-state index contributed by atoms with van der Waals surface area (Å²) < 4.78 is 0. The van der Waals surface area contributed by atoms with E-state index in [4.69, 9.17) is 11.6 Å². The van der Waals surface area contributed by atoms with Crippen LogP contribution in [-0.4, -0.2) is 0 Å². The summed E-state index contributed by atoms with van der Waals surface area (Å²) in [4.78, 5) is 0. The van der Waals surface area contributed by atoms with Crippen molar-refractivity contribution < 1.29 is 0 Å². The molecule has 0 aliphatic rings. The first kappa shape index (κ1) is 11.0. The van der Waals surface area contributed by atoms with Crippen molar-refractivity contribution in [1.29, 1.82) is 0 Å². The maximum atomic E-state index is 6.14. The van der Waals surface area contributed by atoms with Crippen molar-refractivity contribution in [3.63, 3.8) is 0 Å². The van der Waals surface area contributed by atoms with Gasteiger partial charge in [-0.2, -0.15) is 0 Å². The van der Waals surface area contributed by atoms with Gasteiger partial charge in [0.2, 0.25) is 0 Å². The average molecular weight is 229 g/mol. The maximum absolute atomic E-state index is 6.14. The molecular formula is C15H13Cl. The fourth-order valence-corrected chi connectivity index (χ4v) is 1.82. The Labute approximate surface area is 101 Å². The SMILES string of the molecule is Cc1ccc(/C=C/c2ccccc2)c(Cl)c1. The van der Waals surface area contributed by atoms with Crippen LogP contribution < -0.4 is 0 Å². The van der Waals surface area contributed by atoms with Gasteiger partial charge in [0.15, 0.2) is 0 Å². The van der Waals surface area contributed by atoms with Crippen LogP contribution in [-0.2, 0) is 0 Å². The lowest BCUT2D eigenvalue weighted by molar-refractivity contribution is 1.46. The van der Waals surface area contributed by atoms with E-state index in [1.54, 1.807) is 0 Å². The van der Waals surface area contributed by atoms with Crippen molar-refractivity contribution in [3.8, 4) is 0 Å². The third kappa shape index (κ3) is 2.74. The average Bonchev–Trinajstić information content (AvgIpc) is 2.29. The summed E-state index contributed by atoms with van der Waals surface area (Å²) in [5.41, 5.74) is 3.41. The van der Waals surface area contributed by atoms with Gasteiger partial charge in [0.25, 0.3) is 0 Å². The topological polar surface area (TPSA) is 0 Å². The number of rotatable bonds is 2. The van der Waals surface area contributed by atoms with Crippen molar-refractivity contribution in [1.82, 2.24) is 0 Å². The van der Waals surface area contributed by atoms with Crippen LogP contribution >= 0.6 is 11.6 Å². The Morgan fingerprint density at radius 2 is 1.69 bits per heavy atom. The van der Waals surface area contributed by atoms with E-state index in [2.05, 4.69) is 24.3 Å². The Morgan fingerprint density at radius 1 is 0.938 bits per heavy atom. The molecular weight excluding hydrogens is 216 g/mol. The van der Waals surface area contributed by atoms with Crippen molar-refractivity contribution >= 4 is 23.8 Å². The van der Waals surface area contributed by atoms with Crippen molar-refractivity contribution in [2.24, 2.45) is 0 Å². The van der Waals surface area contributed by atoms with Crippen LogP contribution in [0.5, 0.6) is 0 Å². The van der Waals surface area contributed by atoms with Gasteiger partial charge in [-0.3, -0.25) is 0 Å². The monoisotopic (exact) mass is 228 g/mol. The Kier molecular flexibility index (Phi) is 3.43. The molecule has 0 fully saturated rings. The van der Waals surface area contributed by atoms with Gasteiger partial charge in [-0.25, -0.2) is 0 Å². The molecule has 0 nitrogen and oxygen atoms in total. The van der Waals surface area contributed by atoms with E-state index >= 15 is 0 Å². The smallest absolute Gasteiger partial charge is 0.0481 e. The summed E-state index contributed by atoms with van der Waals surface area (Å²) in [6.07, 6.45) is 4.10. The van der Waals surface area contributed by atoms with E-state index in [0.717, 1.165) is 10.6 Å². The predicted molar refractivity (Wildman–Crippen MR) is 71.6 cm³/mol. The Morgan fingerprint density at radius 3 is 2.38 bits per heavy atom. The second-order valence-electron chi connectivity index (χ2n) is 3.77. The molecule has 0 spiro atoms. The molecule has 0 saturated carbocycles. The molecule has 2 aromatic rings. The van der Waals surface area contributed by atoms with Gasteiger partial charge < -0.3 is 0 Å². The van der Waals surface area contributed by atoms with E-state index in [0.29, 0.717) is 0 Å². The summed E-state index contributed by atoms with van der Waals surface area (Å²) in [7, 11) is 0. The van der Waals surface area contributed by atoms with E-state index in [1.807, 2.05) is 43.3 Å².